The monoisotopic (exact) mass is 282 g/mol. The lowest BCUT2D eigenvalue weighted by Gasteiger charge is -2.31. The van der Waals surface area contributed by atoms with Crippen LogP contribution < -0.4 is 10.6 Å². The van der Waals surface area contributed by atoms with Crippen LogP contribution in [0.5, 0.6) is 0 Å². The zero-order chi connectivity index (χ0) is 11.5. The third-order valence-electron chi connectivity index (χ3n) is 3.38. The molecule has 0 aromatic heterocycles. The van der Waals surface area contributed by atoms with Crippen molar-refractivity contribution >= 4 is 21.6 Å². The van der Waals surface area contributed by atoms with Crippen molar-refractivity contribution in [2.75, 3.05) is 18.5 Å². The molecule has 1 aliphatic rings. The fourth-order valence-corrected chi connectivity index (χ4v) is 2.67. The summed E-state index contributed by atoms with van der Waals surface area (Å²) in [7, 11) is 2.17. The van der Waals surface area contributed by atoms with Gasteiger partial charge in [-0.2, -0.15) is 0 Å². The van der Waals surface area contributed by atoms with Crippen LogP contribution in [0.4, 0.5) is 5.69 Å². The Morgan fingerprint density at radius 1 is 1.38 bits per heavy atom. The second kappa shape index (κ2) is 5.19. The van der Waals surface area contributed by atoms with Gasteiger partial charge in [-0.15, -0.1) is 0 Å². The average molecular weight is 283 g/mol. The van der Waals surface area contributed by atoms with Crippen molar-refractivity contribution < 1.29 is 0 Å². The molecule has 1 saturated carbocycles. The molecule has 16 heavy (non-hydrogen) atoms. The molecule has 88 valence electrons. The molecule has 2 rings (SSSR count). The summed E-state index contributed by atoms with van der Waals surface area (Å²) in [6.07, 6.45) is 4.19. The maximum atomic E-state index is 5.69. The number of rotatable bonds is 4. The van der Waals surface area contributed by atoms with Gasteiger partial charge in [-0.05, 0) is 42.5 Å². The van der Waals surface area contributed by atoms with Crippen LogP contribution in [0.3, 0.4) is 0 Å². The van der Waals surface area contributed by atoms with Crippen molar-refractivity contribution in [3.63, 3.8) is 0 Å². The van der Waals surface area contributed by atoms with Gasteiger partial charge < -0.3 is 10.6 Å². The second-order valence-electron chi connectivity index (χ2n) is 4.70. The lowest BCUT2D eigenvalue weighted by atomic mass is 9.85. The molecular formula is C13H19BrN2. The molecule has 0 aliphatic heterocycles. The first-order valence-corrected chi connectivity index (χ1v) is 6.69. The van der Waals surface area contributed by atoms with Crippen LogP contribution in [0, 0.1) is 5.92 Å². The molecule has 0 radical (unpaired) electrons. The topological polar surface area (TPSA) is 29.3 Å². The van der Waals surface area contributed by atoms with Crippen molar-refractivity contribution in [3.8, 4) is 0 Å². The van der Waals surface area contributed by atoms with Crippen molar-refractivity contribution in [1.82, 2.24) is 0 Å². The van der Waals surface area contributed by atoms with Crippen LogP contribution in [0.2, 0.25) is 0 Å². The lowest BCUT2D eigenvalue weighted by Crippen LogP contribution is -2.29. The SMILES string of the molecule is CN(CC1CCC1)c1cc(Br)cc(CN)c1. The quantitative estimate of drug-likeness (QED) is 0.919. The van der Waals surface area contributed by atoms with E-state index in [1.807, 2.05) is 0 Å². The standard InChI is InChI=1S/C13H19BrN2/c1-16(9-10-3-2-4-10)13-6-11(8-15)5-12(14)7-13/h5-7,10H,2-4,8-9,15H2,1H3. The van der Waals surface area contributed by atoms with Crippen LogP contribution in [0.25, 0.3) is 0 Å². The fourth-order valence-electron chi connectivity index (χ4n) is 2.14. The molecule has 2 N–H and O–H groups in total. The van der Waals surface area contributed by atoms with E-state index in [2.05, 4.69) is 46.1 Å². The number of nitrogens with two attached hydrogens (primary N) is 1. The van der Waals surface area contributed by atoms with Gasteiger partial charge >= 0.3 is 0 Å². The second-order valence-corrected chi connectivity index (χ2v) is 5.61. The highest BCUT2D eigenvalue weighted by atomic mass is 79.9. The molecule has 0 atom stereocenters. The minimum atomic E-state index is 0.601. The molecule has 0 spiro atoms. The number of anilines is 1. The van der Waals surface area contributed by atoms with Crippen LogP contribution in [0.1, 0.15) is 24.8 Å². The summed E-state index contributed by atoms with van der Waals surface area (Å²) < 4.78 is 1.12. The van der Waals surface area contributed by atoms with E-state index < -0.39 is 0 Å². The lowest BCUT2D eigenvalue weighted by molar-refractivity contribution is 0.321. The Morgan fingerprint density at radius 2 is 2.12 bits per heavy atom. The van der Waals surface area contributed by atoms with Crippen molar-refractivity contribution in [1.29, 1.82) is 0 Å². The molecule has 1 aliphatic carbocycles. The van der Waals surface area contributed by atoms with E-state index >= 15 is 0 Å². The average Bonchev–Trinajstić information content (AvgIpc) is 2.22. The van der Waals surface area contributed by atoms with Crippen LogP contribution in [-0.2, 0) is 6.54 Å². The largest absolute Gasteiger partial charge is 0.374 e. The number of nitrogens with zero attached hydrogens (tertiary/aromatic N) is 1. The molecule has 0 bridgehead atoms. The predicted octanol–water partition coefficient (Wildman–Crippen LogP) is 3.14. The highest BCUT2D eigenvalue weighted by molar-refractivity contribution is 9.10. The van der Waals surface area contributed by atoms with Crippen molar-refractivity contribution in [2.45, 2.75) is 25.8 Å². The summed E-state index contributed by atoms with van der Waals surface area (Å²) in [6, 6.07) is 6.43. The van der Waals surface area contributed by atoms with E-state index in [-0.39, 0.29) is 0 Å². The van der Waals surface area contributed by atoms with E-state index in [0.29, 0.717) is 6.54 Å². The molecule has 1 aromatic rings. The molecule has 0 unspecified atom stereocenters. The molecule has 3 heteroatoms. The molecule has 2 nitrogen and oxygen atoms in total. The van der Waals surface area contributed by atoms with E-state index in [4.69, 9.17) is 5.73 Å². The van der Waals surface area contributed by atoms with Gasteiger partial charge in [-0.3, -0.25) is 0 Å². The van der Waals surface area contributed by atoms with Gasteiger partial charge in [-0.25, -0.2) is 0 Å². The van der Waals surface area contributed by atoms with Crippen LogP contribution in [0.15, 0.2) is 22.7 Å². The van der Waals surface area contributed by atoms with Gasteiger partial charge in [0, 0.05) is 30.3 Å². The summed E-state index contributed by atoms with van der Waals surface area (Å²) >= 11 is 3.54. The highest BCUT2D eigenvalue weighted by Gasteiger charge is 2.19. The Balaban J connectivity index is 2.08. The minimum Gasteiger partial charge on any atom is -0.374 e. The fraction of sp³-hybridized carbons (Fsp3) is 0.538. The van der Waals surface area contributed by atoms with E-state index in [0.717, 1.165) is 10.4 Å². The number of hydrogen-bond acceptors (Lipinski definition) is 2. The zero-order valence-electron chi connectivity index (χ0n) is 9.75. The Bertz CT molecular complexity index is 361. The van der Waals surface area contributed by atoms with Crippen molar-refractivity contribution in [3.05, 3.63) is 28.2 Å². The molecule has 0 heterocycles. The third-order valence-corrected chi connectivity index (χ3v) is 3.83. The Kier molecular flexibility index (Phi) is 3.87. The molecule has 0 saturated heterocycles. The number of hydrogen-bond donors (Lipinski definition) is 1. The normalized spacial score (nSPS) is 15.9. The molecule has 1 fully saturated rings. The van der Waals surface area contributed by atoms with Gasteiger partial charge in [0.25, 0.3) is 0 Å². The van der Waals surface area contributed by atoms with E-state index in [9.17, 15) is 0 Å². The molecule has 1 aromatic carbocycles. The number of benzene rings is 1. The Labute approximate surface area is 106 Å². The summed E-state index contributed by atoms with van der Waals surface area (Å²) in [4.78, 5) is 2.34. The Hall–Kier alpha value is -0.540. The first kappa shape index (κ1) is 11.9. The number of halogens is 1. The zero-order valence-corrected chi connectivity index (χ0v) is 11.3. The maximum Gasteiger partial charge on any atom is 0.0378 e. The van der Waals surface area contributed by atoms with Gasteiger partial charge in [0.2, 0.25) is 0 Å². The summed E-state index contributed by atoms with van der Waals surface area (Å²) in [5.74, 6) is 0.894. The highest BCUT2D eigenvalue weighted by Crippen LogP contribution is 2.29. The van der Waals surface area contributed by atoms with Crippen molar-refractivity contribution in [2.24, 2.45) is 11.7 Å². The van der Waals surface area contributed by atoms with E-state index in [1.54, 1.807) is 0 Å². The van der Waals surface area contributed by atoms with Gasteiger partial charge in [0.05, 0.1) is 0 Å². The Morgan fingerprint density at radius 3 is 2.69 bits per heavy atom. The minimum absolute atomic E-state index is 0.601. The van der Waals surface area contributed by atoms with Gasteiger partial charge in [0.1, 0.15) is 0 Å². The predicted molar refractivity (Wildman–Crippen MR) is 72.6 cm³/mol. The first-order chi connectivity index (χ1) is 7.69. The van der Waals surface area contributed by atoms with Crippen LogP contribution >= 0.6 is 15.9 Å². The maximum absolute atomic E-state index is 5.69. The summed E-state index contributed by atoms with van der Waals surface area (Å²) in [6.45, 7) is 1.77. The molecular weight excluding hydrogens is 264 g/mol. The van der Waals surface area contributed by atoms with Crippen LogP contribution in [-0.4, -0.2) is 13.6 Å². The smallest absolute Gasteiger partial charge is 0.0378 e. The first-order valence-electron chi connectivity index (χ1n) is 5.89. The van der Waals surface area contributed by atoms with Gasteiger partial charge in [-0.1, -0.05) is 22.4 Å². The molecule has 0 amide bonds. The third kappa shape index (κ3) is 2.77. The summed E-state index contributed by atoms with van der Waals surface area (Å²) in [5.41, 5.74) is 8.14. The van der Waals surface area contributed by atoms with E-state index in [1.165, 1.54) is 37.1 Å². The van der Waals surface area contributed by atoms with Gasteiger partial charge in [0.15, 0.2) is 0 Å². The summed E-state index contributed by atoms with van der Waals surface area (Å²) in [5, 5.41) is 0.